The average molecular weight is 432 g/mol. The van der Waals surface area contributed by atoms with Crippen LogP contribution in [-0.2, 0) is 10.0 Å². The van der Waals surface area contributed by atoms with Gasteiger partial charge in [-0.25, -0.2) is 8.42 Å². The van der Waals surface area contributed by atoms with Gasteiger partial charge in [0.05, 0.1) is 28.8 Å². The van der Waals surface area contributed by atoms with Gasteiger partial charge in [-0.3, -0.25) is 14.3 Å². The minimum atomic E-state index is -4.05. The van der Waals surface area contributed by atoms with E-state index in [2.05, 4.69) is 10.0 Å². The summed E-state index contributed by atoms with van der Waals surface area (Å²) in [5, 5.41) is 2.64. The zero-order valence-electron chi connectivity index (χ0n) is 17.0. The Morgan fingerprint density at radius 3 is 2.43 bits per heavy atom. The van der Waals surface area contributed by atoms with E-state index >= 15 is 0 Å². The molecule has 160 valence electrons. The number of nitrogens with zero attached hydrogens (tertiary/aromatic N) is 1. The Labute approximate surface area is 176 Å². The van der Waals surface area contributed by atoms with Gasteiger partial charge >= 0.3 is 0 Å². The molecule has 2 aromatic carbocycles. The summed E-state index contributed by atoms with van der Waals surface area (Å²) < 4.78 is 33.7. The van der Waals surface area contributed by atoms with Crippen LogP contribution in [0.5, 0.6) is 5.75 Å². The molecule has 3 rings (SSSR count). The number of carbonyl (C=O) groups excluding carboxylic acids is 2. The first-order valence-corrected chi connectivity index (χ1v) is 11.2. The topological polar surface area (TPSA) is 105 Å². The third-order valence-corrected chi connectivity index (χ3v) is 6.22. The van der Waals surface area contributed by atoms with Crippen molar-refractivity contribution in [2.75, 3.05) is 31.5 Å². The van der Waals surface area contributed by atoms with Crippen molar-refractivity contribution in [1.29, 1.82) is 0 Å². The molecule has 1 heterocycles. The van der Waals surface area contributed by atoms with Crippen LogP contribution < -0.4 is 14.8 Å². The molecule has 2 aromatic rings. The lowest BCUT2D eigenvalue weighted by atomic mass is 10.1. The lowest BCUT2D eigenvalue weighted by Gasteiger charge is -2.18. The lowest BCUT2D eigenvalue weighted by molar-refractivity contribution is 0.0793. The van der Waals surface area contributed by atoms with E-state index in [1.54, 1.807) is 36.1 Å². The van der Waals surface area contributed by atoms with Crippen LogP contribution in [0.3, 0.4) is 0 Å². The number of rotatable bonds is 7. The third kappa shape index (κ3) is 4.56. The molecule has 2 amide bonds. The highest BCUT2D eigenvalue weighted by atomic mass is 32.2. The minimum absolute atomic E-state index is 0.104. The third-order valence-electron chi connectivity index (χ3n) is 4.86. The molecule has 0 atom stereocenters. The summed E-state index contributed by atoms with van der Waals surface area (Å²) in [5.74, 6) is -0.371. The highest BCUT2D eigenvalue weighted by Crippen LogP contribution is 2.26. The maximum Gasteiger partial charge on any atom is 0.261 e. The number of hydrogen-bond acceptors (Lipinski definition) is 5. The predicted molar refractivity (Wildman–Crippen MR) is 113 cm³/mol. The SMILES string of the molecule is CCNC(=O)c1cc(S(=O)(=O)Nc2ccccc2C(=O)N2CCCC2)ccc1OC. The second-order valence-corrected chi connectivity index (χ2v) is 8.55. The smallest absolute Gasteiger partial charge is 0.261 e. The number of methoxy groups -OCH3 is 1. The summed E-state index contributed by atoms with van der Waals surface area (Å²) in [5.41, 5.74) is 0.605. The van der Waals surface area contributed by atoms with Crippen molar-refractivity contribution >= 4 is 27.5 Å². The molecule has 0 aliphatic carbocycles. The number of nitrogens with one attached hydrogen (secondary N) is 2. The first-order valence-electron chi connectivity index (χ1n) is 9.74. The van der Waals surface area contributed by atoms with Gasteiger partial charge in [0.25, 0.3) is 21.8 Å². The van der Waals surface area contributed by atoms with Crippen molar-refractivity contribution < 1.29 is 22.7 Å². The normalized spacial score (nSPS) is 13.7. The first-order chi connectivity index (χ1) is 14.4. The largest absolute Gasteiger partial charge is 0.496 e. The van der Waals surface area contributed by atoms with Crippen molar-refractivity contribution in [1.82, 2.24) is 10.2 Å². The van der Waals surface area contributed by atoms with E-state index in [4.69, 9.17) is 4.74 Å². The number of hydrogen-bond donors (Lipinski definition) is 2. The van der Waals surface area contributed by atoms with Crippen LogP contribution in [0.1, 0.15) is 40.5 Å². The number of carbonyl (C=O) groups is 2. The Hall–Kier alpha value is -3.07. The molecular weight excluding hydrogens is 406 g/mol. The maximum absolute atomic E-state index is 13.0. The number of amides is 2. The molecule has 30 heavy (non-hydrogen) atoms. The summed E-state index contributed by atoms with van der Waals surface area (Å²) in [6.45, 7) is 3.48. The molecule has 1 saturated heterocycles. The van der Waals surface area contributed by atoms with Crippen molar-refractivity contribution in [2.45, 2.75) is 24.7 Å². The second kappa shape index (κ2) is 9.17. The van der Waals surface area contributed by atoms with Crippen molar-refractivity contribution in [3.63, 3.8) is 0 Å². The van der Waals surface area contributed by atoms with Gasteiger partial charge in [0, 0.05) is 19.6 Å². The monoisotopic (exact) mass is 431 g/mol. The molecule has 0 unspecified atom stereocenters. The van der Waals surface area contributed by atoms with E-state index < -0.39 is 15.9 Å². The molecule has 1 fully saturated rings. The number of likely N-dealkylation sites (tertiary alicyclic amines) is 1. The van der Waals surface area contributed by atoms with E-state index in [-0.39, 0.29) is 27.8 Å². The van der Waals surface area contributed by atoms with E-state index in [0.29, 0.717) is 25.2 Å². The fraction of sp³-hybridized carbons (Fsp3) is 0.333. The van der Waals surface area contributed by atoms with Crippen LogP contribution in [0, 0.1) is 0 Å². The number of benzene rings is 2. The molecular formula is C21H25N3O5S. The fourth-order valence-corrected chi connectivity index (χ4v) is 4.45. The molecule has 9 heteroatoms. The molecule has 2 N–H and O–H groups in total. The zero-order valence-corrected chi connectivity index (χ0v) is 17.8. The van der Waals surface area contributed by atoms with Gasteiger partial charge in [-0.2, -0.15) is 0 Å². The number of anilines is 1. The Bertz CT molecular complexity index is 1050. The van der Waals surface area contributed by atoms with E-state index in [9.17, 15) is 18.0 Å². The standard InChI is InChI=1S/C21H25N3O5S/c1-3-22-20(25)17-14-15(10-11-19(17)29-2)30(27,28)23-18-9-5-4-8-16(18)21(26)24-12-6-7-13-24/h4-5,8-11,14,23H,3,6-7,12-13H2,1-2H3,(H,22,25). The predicted octanol–water partition coefficient (Wildman–Crippen LogP) is 2.48. The van der Waals surface area contributed by atoms with Gasteiger partial charge in [-0.1, -0.05) is 12.1 Å². The van der Waals surface area contributed by atoms with Gasteiger partial charge < -0.3 is 15.0 Å². The minimum Gasteiger partial charge on any atom is -0.496 e. The van der Waals surface area contributed by atoms with Crippen LogP contribution >= 0.6 is 0 Å². The Morgan fingerprint density at radius 1 is 1.07 bits per heavy atom. The second-order valence-electron chi connectivity index (χ2n) is 6.87. The zero-order chi connectivity index (χ0) is 21.7. The van der Waals surface area contributed by atoms with Crippen LogP contribution in [0.25, 0.3) is 0 Å². The van der Waals surface area contributed by atoms with Crippen molar-refractivity contribution in [3.05, 3.63) is 53.6 Å². The Morgan fingerprint density at radius 2 is 1.77 bits per heavy atom. The van der Waals surface area contributed by atoms with E-state index in [0.717, 1.165) is 12.8 Å². The molecule has 1 aliphatic rings. The molecule has 0 aromatic heterocycles. The fourth-order valence-electron chi connectivity index (χ4n) is 3.34. The van der Waals surface area contributed by atoms with Crippen LogP contribution in [0.15, 0.2) is 47.4 Å². The quantitative estimate of drug-likeness (QED) is 0.701. The lowest BCUT2D eigenvalue weighted by Crippen LogP contribution is -2.29. The molecule has 0 saturated carbocycles. The van der Waals surface area contributed by atoms with Crippen LogP contribution in [0.4, 0.5) is 5.69 Å². The summed E-state index contributed by atoms with van der Waals surface area (Å²) in [7, 11) is -2.64. The van der Waals surface area contributed by atoms with Gasteiger partial charge in [0.2, 0.25) is 0 Å². The summed E-state index contributed by atoms with van der Waals surface area (Å²) in [4.78, 5) is 26.7. The number of para-hydroxylation sites is 1. The highest BCUT2D eigenvalue weighted by molar-refractivity contribution is 7.92. The van der Waals surface area contributed by atoms with E-state index in [1.807, 2.05) is 0 Å². The molecule has 8 nitrogen and oxygen atoms in total. The Kier molecular flexibility index (Phi) is 6.61. The van der Waals surface area contributed by atoms with Crippen LogP contribution in [0.2, 0.25) is 0 Å². The van der Waals surface area contributed by atoms with Gasteiger partial charge in [-0.15, -0.1) is 0 Å². The van der Waals surface area contributed by atoms with Gasteiger partial charge in [0.15, 0.2) is 0 Å². The van der Waals surface area contributed by atoms with Crippen molar-refractivity contribution in [2.24, 2.45) is 0 Å². The Balaban J connectivity index is 1.93. The van der Waals surface area contributed by atoms with E-state index in [1.165, 1.54) is 25.3 Å². The average Bonchev–Trinajstić information content (AvgIpc) is 3.28. The molecule has 1 aliphatic heterocycles. The first kappa shape index (κ1) is 21.6. The number of sulfonamides is 1. The maximum atomic E-state index is 13.0. The molecule has 0 radical (unpaired) electrons. The van der Waals surface area contributed by atoms with Crippen molar-refractivity contribution in [3.8, 4) is 5.75 Å². The molecule has 0 spiro atoms. The summed E-state index contributed by atoms with van der Waals surface area (Å²) in [6.07, 6.45) is 1.88. The van der Waals surface area contributed by atoms with Gasteiger partial charge in [0.1, 0.15) is 5.75 Å². The summed E-state index contributed by atoms with van der Waals surface area (Å²) >= 11 is 0. The molecule has 0 bridgehead atoms. The number of ether oxygens (including phenoxy) is 1. The summed E-state index contributed by atoms with van der Waals surface area (Å²) in [6, 6.07) is 10.6. The van der Waals surface area contributed by atoms with Gasteiger partial charge in [-0.05, 0) is 50.1 Å². The highest BCUT2D eigenvalue weighted by Gasteiger charge is 2.25. The van der Waals surface area contributed by atoms with Crippen LogP contribution in [-0.4, -0.2) is 51.9 Å².